The first-order valence-electron chi connectivity index (χ1n) is 11.2. The molecule has 2 atom stereocenters. The summed E-state index contributed by atoms with van der Waals surface area (Å²) >= 11 is 3.73. The van der Waals surface area contributed by atoms with Crippen molar-refractivity contribution >= 4 is 28.1 Å². The largest absolute Gasteiger partial charge is 0.469 e. The second-order valence-electron chi connectivity index (χ2n) is 8.54. The molecule has 0 amide bonds. The maximum atomic E-state index is 13.7. The van der Waals surface area contributed by atoms with E-state index in [1.54, 1.807) is 30.5 Å². The molecule has 0 bridgehead atoms. The number of nitrogens with zero attached hydrogens (tertiary/aromatic N) is 1. The molecular weight excluding hydrogens is 520 g/mol. The lowest BCUT2D eigenvalue weighted by molar-refractivity contribution is -0.143. The summed E-state index contributed by atoms with van der Waals surface area (Å²) in [6, 6.07) is 12.2. The van der Waals surface area contributed by atoms with Gasteiger partial charge in [0.2, 0.25) is 0 Å². The van der Waals surface area contributed by atoms with Gasteiger partial charge in [-0.2, -0.15) is 0 Å². The highest BCUT2D eigenvalue weighted by atomic mass is 79.9. The molecule has 0 spiro atoms. The number of methoxy groups -OCH3 is 1. The van der Waals surface area contributed by atoms with E-state index in [0.717, 1.165) is 32.6 Å². The van der Waals surface area contributed by atoms with Crippen LogP contribution in [0.3, 0.4) is 0 Å². The molecule has 1 heterocycles. The second-order valence-corrected chi connectivity index (χ2v) is 9.33. The van der Waals surface area contributed by atoms with E-state index in [4.69, 9.17) is 0 Å². The van der Waals surface area contributed by atoms with E-state index >= 15 is 0 Å². The number of halogens is 3. The Labute approximate surface area is 211 Å². The molecule has 0 aliphatic heterocycles. The van der Waals surface area contributed by atoms with E-state index < -0.39 is 18.2 Å². The van der Waals surface area contributed by atoms with Gasteiger partial charge in [-0.05, 0) is 75.4 Å². The Bertz CT molecular complexity index is 1190. The minimum Gasteiger partial charge on any atom is -0.469 e. The number of hydrogen-bond acceptors (Lipinski definition) is 4. The maximum Gasteiger partial charge on any atom is 0.308 e. The number of aliphatic hydroxyl groups excluding tert-OH is 2. The van der Waals surface area contributed by atoms with Crippen molar-refractivity contribution in [1.82, 2.24) is 4.57 Å². The molecule has 2 N–H and O–H groups in total. The highest BCUT2D eigenvalue weighted by molar-refractivity contribution is 9.10. The number of carbonyl (C=O) groups excluding carboxylic acids is 1. The van der Waals surface area contributed by atoms with Gasteiger partial charge < -0.3 is 19.5 Å². The minimum atomic E-state index is -1.06. The summed E-state index contributed by atoms with van der Waals surface area (Å²) in [7, 11) is 1.23. The first kappa shape index (κ1) is 26.8. The molecule has 0 aliphatic rings. The Morgan fingerprint density at radius 3 is 2.09 bits per heavy atom. The summed E-state index contributed by atoms with van der Waals surface area (Å²) < 4.78 is 34.6. The summed E-state index contributed by atoms with van der Waals surface area (Å²) in [6.45, 7) is 4.04. The fourth-order valence-electron chi connectivity index (χ4n) is 3.94. The Hall–Kier alpha value is -2.81. The molecular formula is C27H28BrF2NO4. The highest BCUT2D eigenvalue weighted by Gasteiger charge is 2.25. The fourth-order valence-corrected chi connectivity index (χ4v) is 5.00. The fraction of sp³-hybridized carbons (Fsp3) is 0.296. The number of aromatic nitrogens is 1. The van der Waals surface area contributed by atoms with Gasteiger partial charge in [0, 0.05) is 28.4 Å². The van der Waals surface area contributed by atoms with Crippen molar-refractivity contribution in [3.05, 3.63) is 76.4 Å². The van der Waals surface area contributed by atoms with Crippen LogP contribution >= 0.6 is 15.9 Å². The highest BCUT2D eigenvalue weighted by Crippen LogP contribution is 2.45. The van der Waals surface area contributed by atoms with E-state index in [-0.39, 0.29) is 30.4 Å². The van der Waals surface area contributed by atoms with Crippen molar-refractivity contribution in [2.75, 3.05) is 7.11 Å². The van der Waals surface area contributed by atoms with E-state index in [1.165, 1.54) is 37.5 Å². The number of esters is 1. The van der Waals surface area contributed by atoms with Crippen molar-refractivity contribution in [2.24, 2.45) is 0 Å². The van der Waals surface area contributed by atoms with Gasteiger partial charge in [-0.25, -0.2) is 8.78 Å². The van der Waals surface area contributed by atoms with Gasteiger partial charge in [0.15, 0.2) is 0 Å². The Kier molecular flexibility index (Phi) is 8.99. The van der Waals surface area contributed by atoms with Crippen LogP contribution in [0.5, 0.6) is 0 Å². The average molecular weight is 548 g/mol. The summed E-state index contributed by atoms with van der Waals surface area (Å²) in [5.74, 6) is -1.24. The summed E-state index contributed by atoms with van der Waals surface area (Å²) in [5.41, 5.74) is 3.90. The van der Waals surface area contributed by atoms with Gasteiger partial charge in [0.05, 0.1) is 31.4 Å². The number of aliphatic hydroxyl groups is 2. The molecule has 35 heavy (non-hydrogen) atoms. The number of rotatable bonds is 9. The van der Waals surface area contributed by atoms with Crippen LogP contribution in [0.4, 0.5) is 8.78 Å². The molecule has 8 heteroatoms. The van der Waals surface area contributed by atoms with E-state index in [0.29, 0.717) is 0 Å². The molecule has 0 saturated heterocycles. The van der Waals surface area contributed by atoms with Gasteiger partial charge in [0.1, 0.15) is 11.6 Å². The van der Waals surface area contributed by atoms with E-state index in [1.807, 2.05) is 18.4 Å². The smallest absolute Gasteiger partial charge is 0.308 e. The monoisotopic (exact) mass is 547 g/mol. The van der Waals surface area contributed by atoms with Gasteiger partial charge in [-0.3, -0.25) is 4.79 Å². The lowest BCUT2D eigenvalue weighted by Gasteiger charge is -2.15. The molecule has 0 aliphatic carbocycles. The van der Waals surface area contributed by atoms with Gasteiger partial charge in [-0.15, -0.1) is 0 Å². The van der Waals surface area contributed by atoms with Crippen LogP contribution in [0.25, 0.3) is 28.6 Å². The van der Waals surface area contributed by atoms with Crippen molar-refractivity contribution in [3.63, 3.8) is 0 Å². The zero-order chi connectivity index (χ0) is 25.7. The van der Waals surface area contributed by atoms with Crippen LogP contribution in [0.2, 0.25) is 0 Å². The zero-order valence-electron chi connectivity index (χ0n) is 19.7. The van der Waals surface area contributed by atoms with Crippen molar-refractivity contribution in [2.45, 2.75) is 44.8 Å². The Morgan fingerprint density at radius 2 is 1.57 bits per heavy atom. The normalized spacial score (nSPS) is 13.4. The maximum absolute atomic E-state index is 13.7. The SMILES string of the molecule is COC(=O)C[C@H](O)C[C@H](O)/C=C/n1c(-c2ccc(F)cc2)c(-c2ccc(F)cc2)c(Br)c1C(C)C. The van der Waals surface area contributed by atoms with E-state index in [2.05, 4.69) is 20.7 Å². The average Bonchev–Trinajstić information content (AvgIpc) is 3.10. The molecule has 3 rings (SSSR count). The third kappa shape index (κ3) is 6.45. The molecule has 5 nitrogen and oxygen atoms in total. The molecule has 186 valence electrons. The summed E-state index contributed by atoms with van der Waals surface area (Å²) in [5, 5.41) is 20.6. The van der Waals surface area contributed by atoms with Crippen LogP contribution in [-0.2, 0) is 9.53 Å². The van der Waals surface area contributed by atoms with Crippen LogP contribution < -0.4 is 0 Å². The lowest BCUT2D eigenvalue weighted by Crippen LogP contribution is -2.20. The number of hydrogen-bond donors (Lipinski definition) is 2. The standard InChI is InChI=1S/C27H28BrF2NO4/c1-16(2)26-25(28)24(17-4-8-19(29)9-5-17)27(18-6-10-20(30)11-7-18)31(26)13-12-21(32)14-22(33)15-23(34)35-3/h4-13,16,21-22,32-33H,14-15H2,1-3H3/b13-12+/t21-,22-/m1/s1. The zero-order valence-corrected chi connectivity index (χ0v) is 21.3. The molecule has 1 aromatic heterocycles. The number of benzene rings is 2. The topological polar surface area (TPSA) is 71.7 Å². The molecule has 3 aromatic rings. The molecule has 0 fully saturated rings. The number of carbonyl (C=O) groups is 1. The van der Waals surface area contributed by atoms with Crippen molar-refractivity contribution < 1.29 is 28.5 Å². The second kappa shape index (κ2) is 11.7. The van der Waals surface area contributed by atoms with Crippen LogP contribution in [0.15, 0.2) is 59.1 Å². The van der Waals surface area contributed by atoms with Crippen LogP contribution in [0, 0.1) is 11.6 Å². The molecule has 0 unspecified atom stereocenters. The summed E-state index contributed by atoms with van der Waals surface area (Å²) in [4.78, 5) is 11.4. The predicted octanol–water partition coefficient (Wildman–Crippen LogP) is 6.13. The van der Waals surface area contributed by atoms with Crippen molar-refractivity contribution in [3.8, 4) is 22.4 Å². The minimum absolute atomic E-state index is 0.0458. The molecule has 2 aromatic carbocycles. The van der Waals surface area contributed by atoms with Crippen molar-refractivity contribution in [1.29, 1.82) is 0 Å². The van der Waals surface area contributed by atoms with Gasteiger partial charge in [-0.1, -0.05) is 26.0 Å². The number of ether oxygens (including phenoxy) is 1. The molecule has 0 saturated carbocycles. The third-order valence-electron chi connectivity index (χ3n) is 5.58. The predicted molar refractivity (Wildman–Crippen MR) is 136 cm³/mol. The van der Waals surface area contributed by atoms with Crippen LogP contribution in [0.1, 0.15) is 38.3 Å². The van der Waals surface area contributed by atoms with Gasteiger partial charge in [0.25, 0.3) is 0 Å². The first-order valence-corrected chi connectivity index (χ1v) is 12.0. The molecule has 0 radical (unpaired) electrons. The van der Waals surface area contributed by atoms with E-state index in [9.17, 15) is 23.8 Å². The summed E-state index contributed by atoms with van der Waals surface area (Å²) in [6.07, 6.45) is 0.854. The lowest BCUT2D eigenvalue weighted by atomic mass is 10.0. The quantitative estimate of drug-likeness (QED) is 0.316. The Morgan fingerprint density at radius 1 is 1.03 bits per heavy atom. The first-order chi connectivity index (χ1) is 16.6. The van der Waals surface area contributed by atoms with Gasteiger partial charge >= 0.3 is 5.97 Å². The van der Waals surface area contributed by atoms with Crippen LogP contribution in [-0.4, -0.2) is 40.1 Å². The third-order valence-corrected chi connectivity index (χ3v) is 6.38. The Balaban J connectivity index is 2.12.